The summed E-state index contributed by atoms with van der Waals surface area (Å²) in [6, 6.07) is 10.4. The summed E-state index contributed by atoms with van der Waals surface area (Å²) in [5, 5.41) is 5.78. The highest BCUT2D eigenvalue weighted by atomic mass is 35.5. The first-order chi connectivity index (χ1) is 14.7. The molecule has 3 heterocycles. The number of ether oxygens (including phenoxy) is 1. The average molecular weight is 421 g/mol. The van der Waals surface area contributed by atoms with Crippen molar-refractivity contribution < 1.29 is 13.7 Å². The van der Waals surface area contributed by atoms with E-state index in [1.807, 2.05) is 18.2 Å². The second-order valence-corrected chi connectivity index (χ2v) is 8.39. The van der Waals surface area contributed by atoms with E-state index in [0.29, 0.717) is 17.0 Å². The lowest BCUT2D eigenvalue weighted by Crippen LogP contribution is -2.08. The van der Waals surface area contributed by atoms with Gasteiger partial charge in [-0.2, -0.15) is 0 Å². The maximum absolute atomic E-state index is 13.7. The Kier molecular flexibility index (Phi) is 4.06. The number of rotatable bonds is 2. The molecule has 0 saturated heterocycles. The van der Waals surface area contributed by atoms with Gasteiger partial charge in [0.2, 0.25) is 0 Å². The van der Waals surface area contributed by atoms with E-state index in [9.17, 15) is 4.39 Å². The molecule has 0 bridgehead atoms. The smallest absolute Gasteiger partial charge is 0.181 e. The number of hydrogen-bond donors (Lipinski definition) is 0. The van der Waals surface area contributed by atoms with Crippen LogP contribution in [-0.4, -0.2) is 10.1 Å². The maximum Gasteiger partial charge on any atom is 0.181 e. The van der Waals surface area contributed by atoms with Gasteiger partial charge in [0.05, 0.1) is 11.2 Å². The molecule has 0 amide bonds. The number of hydrogen-bond acceptors (Lipinski definition) is 4. The first-order valence-corrected chi connectivity index (χ1v) is 10.6. The molecule has 6 rings (SSSR count). The minimum atomic E-state index is -0.310. The molecule has 1 atom stereocenters. The molecule has 0 spiro atoms. The monoisotopic (exact) mass is 420 g/mol. The van der Waals surface area contributed by atoms with Gasteiger partial charge in [0, 0.05) is 45.8 Å². The van der Waals surface area contributed by atoms with Crippen LogP contribution in [0.15, 0.2) is 47.1 Å². The van der Waals surface area contributed by atoms with Crippen molar-refractivity contribution in [3.05, 3.63) is 76.0 Å². The third-order valence-electron chi connectivity index (χ3n) is 6.07. The van der Waals surface area contributed by atoms with E-state index < -0.39 is 0 Å². The molecular formula is C24H18ClFN2O2. The van der Waals surface area contributed by atoms with E-state index in [1.165, 1.54) is 17.7 Å². The van der Waals surface area contributed by atoms with Gasteiger partial charge in [0.25, 0.3) is 0 Å². The normalized spacial score (nSPS) is 17.6. The Labute approximate surface area is 177 Å². The highest BCUT2D eigenvalue weighted by molar-refractivity contribution is 6.31. The Morgan fingerprint density at radius 2 is 1.93 bits per heavy atom. The Hall–Kier alpha value is -2.92. The zero-order chi connectivity index (χ0) is 20.2. The van der Waals surface area contributed by atoms with Crippen LogP contribution < -0.4 is 4.74 Å². The maximum atomic E-state index is 13.7. The summed E-state index contributed by atoms with van der Waals surface area (Å²) in [5.74, 6) is 1.32. The van der Waals surface area contributed by atoms with Crippen LogP contribution in [0.2, 0.25) is 5.02 Å². The number of pyridine rings is 1. The van der Waals surface area contributed by atoms with Crippen LogP contribution in [0.1, 0.15) is 41.5 Å². The van der Waals surface area contributed by atoms with Crippen LogP contribution in [-0.2, 0) is 19.3 Å². The first-order valence-electron chi connectivity index (χ1n) is 10.2. The van der Waals surface area contributed by atoms with Gasteiger partial charge in [-0.25, -0.2) is 4.39 Å². The quantitative estimate of drug-likeness (QED) is 0.385. The van der Waals surface area contributed by atoms with Crippen molar-refractivity contribution in [3.63, 3.8) is 0 Å². The van der Waals surface area contributed by atoms with Crippen molar-refractivity contribution in [2.45, 2.75) is 38.2 Å². The third kappa shape index (κ3) is 2.80. The molecule has 1 aliphatic heterocycles. The molecule has 30 heavy (non-hydrogen) atoms. The number of aromatic nitrogens is 2. The summed E-state index contributed by atoms with van der Waals surface area (Å²) in [7, 11) is 0. The van der Waals surface area contributed by atoms with Gasteiger partial charge in [0.15, 0.2) is 11.9 Å². The molecule has 2 aliphatic rings. The van der Waals surface area contributed by atoms with Crippen molar-refractivity contribution in [2.24, 2.45) is 0 Å². The molecule has 2 aromatic carbocycles. The molecule has 0 radical (unpaired) electrons. The fraction of sp³-hybridized carbons (Fsp3) is 0.250. The van der Waals surface area contributed by atoms with Crippen molar-refractivity contribution in [3.8, 4) is 16.9 Å². The fourth-order valence-corrected chi connectivity index (χ4v) is 4.94. The van der Waals surface area contributed by atoms with Crippen molar-refractivity contribution in [1.82, 2.24) is 10.1 Å². The lowest BCUT2D eigenvalue weighted by atomic mass is 9.93. The number of nitrogens with zero attached hydrogens (tertiary/aromatic N) is 2. The summed E-state index contributed by atoms with van der Waals surface area (Å²) in [5.41, 5.74) is 5.70. The van der Waals surface area contributed by atoms with E-state index in [1.54, 1.807) is 12.3 Å². The van der Waals surface area contributed by atoms with Gasteiger partial charge >= 0.3 is 0 Å². The van der Waals surface area contributed by atoms with Crippen LogP contribution in [0.25, 0.3) is 22.0 Å². The highest BCUT2D eigenvalue weighted by Gasteiger charge is 2.34. The predicted octanol–water partition coefficient (Wildman–Crippen LogP) is 6.24. The summed E-state index contributed by atoms with van der Waals surface area (Å²) in [4.78, 5) is 4.31. The Morgan fingerprint density at radius 1 is 1.03 bits per heavy atom. The zero-order valence-electron chi connectivity index (χ0n) is 16.1. The van der Waals surface area contributed by atoms with Crippen LogP contribution in [0.4, 0.5) is 4.39 Å². The lowest BCUT2D eigenvalue weighted by molar-refractivity contribution is 0.189. The molecule has 2 aromatic heterocycles. The van der Waals surface area contributed by atoms with Gasteiger partial charge in [-0.3, -0.25) is 4.98 Å². The molecule has 0 fully saturated rings. The van der Waals surface area contributed by atoms with Crippen LogP contribution >= 0.6 is 11.6 Å². The standard InChI is InChI=1S/C24H18ClFN2O2/c25-14-9-13-10-22(24-18-3-1-2-4-20(18)28-30-24)29-23(13)19(11-14)16-7-8-27-21-12-15(26)5-6-17(16)21/h5-9,11-12,22H,1-4,10H2/t22-/m1/s1. The van der Waals surface area contributed by atoms with Gasteiger partial charge in [-0.05, 0) is 61.6 Å². The summed E-state index contributed by atoms with van der Waals surface area (Å²) >= 11 is 6.48. The Morgan fingerprint density at radius 3 is 2.87 bits per heavy atom. The average Bonchev–Trinajstić information content (AvgIpc) is 3.36. The SMILES string of the molecule is Fc1ccc2c(-c3cc(Cl)cc4c3O[C@@H](c3onc5c3CCCC5)C4)ccnc2c1. The third-order valence-corrected chi connectivity index (χ3v) is 6.29. The van der Waals surface area contributed by atoms with Crippen molar-refractivity contribution in [1.29, 1.82) is 0 Å². The van der Waals surface area contributed by atoms with Gasteiger partial charge in [-0.1, -0.05) is 16.8 Å². The van der Waals surface area contributed by atoms with E-state index in [4.69, 9.17) is 20.9 Å². The van der Waals surface area contributed by atoms with Crippen LogP contribution in [0, 0.1) is 5.82 Å². The second kappa shape index (κ2) is 6.81. The lowest BCUT2D eigenvalue weighted by Gasteiger charge is -2.15. The summed E-state index contributed by atoms with van der Waals surface area (Å²) in [6.07, 6.45) is 6.41. The number of benzene rings is 2. The molecule has 0 N–H and O–H groups in total. The van der Waals surface area contributed by atoms with E-state index >= 15 is 0 Å². The molecule has 6 heteroatoms. The topological polar surface area (TPSA) is 48.2 Å². The van der Waals surface area contributed by atoms with E-state index in [-0.39, 0.29) is 11.9 Å². The van der Waals surface area contributed by atoms with Crippen molar-refractivity contribution >= 4 is 22.5 Å². The summed E-state index contributed by atoms with van der Waals surface area (Å²) < 4.78 is 25.9. The molecule has 1 aliphatic carbocycles. The minimum Gasteiger partial charge on any atom is -0.481 e. The predicted molar refractivity (Wildman–Crippen MR) is 112 cm³/mol. The highest BCUT2D eigenvalue weighted by Crippen LogP contribution is 2.47. The van der Waals surface area contributed by atoms with E-state index in [2.05, 4.69) is 10.1 Å². The van der Waals surface area contributed by atoms with Crippen LogP contribution in [0.5, 0.6) is 5.75 Å². The Balaban J connectivity index is 1.46. The number of aryl methyl sites for hydroxylation is 1. The molecule has 0 unspecified atom stereocenters. The summed E-state index contributed by atoms with van der Waals surface area (Å²) in [6.45, 7) is 0. The Bertz CT molecular complexity index is 1300. The molecular weight excluding hydrogens is 403 g/mol. The zero-order valence-corrected chi connectivity index (χ0v) is 16.9. The molecule has 4 aromatic rings. The van der Waals surface area contributed by atoms with Crippen LogP contribution in [0.3, 0.4) is 0 Å². The number of fused-ring (bicyclic) bond motifs is 3. The second-order valence-electron chi connectivity index (χ2n) is 7.95. The van der Waals surface area contributed by atoms with Gasteiger partial charge in [0.1, 0.15) is 11.6 Å². The first kappa shape index (κ1) is 17.9. The largest absolute Gasteiger partial charge is 0.481 e. The van der Waals surface area contributed by atoms with Gasteiger partial charge in [-0.15, -0.1) is 0 Å². The minimum absolute atomic E-state index is 0.211. The molecule has 150 valence electrons. The van der Waals surface area contributed by atoms with E-state index in [0.717, 1.165) is 65.0 Å². The van der Waals surface area contributed by atoms with Gasteiger partial charge < -0.3 is 9.26 Å². The number of halogens is 2. The molecule has 0 saturated carbocycles. The van der Waals surface area contributed by atoms with Crippen molar-refractivity contribution in [2.75, 3.05) is 0 Å². The molecule has 4 nitrogen and oxygen atoms in total. The fourth-order valence-electron chi connectivity index (χ4n) is 4.69.